The van der Waals surface area contributed by atoms with Gasteiger partial charge in [0.05, 0.1) is 13.0 Å². The minimum atomic E-state index is -0.278. The molecule has 2 amide bonds. The van der Waals surface area contributed by atoms with Gasteiger partial charge >= 0.3 is 12.0 Å². The smallest absolute Gasteiger partial charge is 0.315 e. The summed E-state index contributed by atoms with van der Waals surface area (Å²) in [5.41, 5.74) is 0. The number of urea groups is 1. The Morgan fingerprint density at radius 1 is 1.43 bits per heavy atom. The maximum Gasteiger partial charge on any atom is 0.315 e. The summed E-state index contributed by atoms with van der Waals surface area (Å²) in [5, 5.41) is 5.35. The lowest BCUT2D eigenvalue weighted by atomic mass is 10.4. The molecule has 1 aliphatic rings. The molecule has 0 unspecified atom stereocenters. The van der Waals surface area contributed by atoms with Crippen molar-refractivity contribution in [2.45, 2.75) is 32.2 Å². The summed E-state index contributed by atoms with van der Waals surface area (Å²) in [6, 6.07) is 0.148. The molecule has 0 aromatic carbocycles. The highest BCUT2D eigenvalue weighted by molar-refractivity contribution is 5.75. The SMILES string of the molecule is CCOC(=O)CCNC(=O)NC1CC1. The van der Waals surface area contributed by atoms with Gasteiger partial charge in [-0.05, 0) is 19.8 Å². The Morgan fingerprint density at radius 3 is 2.71 bits per heavy atom. The summed E-state index contributed by atoms with van der Waals surface area (Å²) < 4.78 is 4.71. The average molecular weight is 200 g/mol. The maximum absolute atomic E-state index is 11.1. The molecule has 1 fully saturated rings. The van der Waals surface area contributed by atoms with Gasteiger partial charge in [0, 0.05) is 12.6 Å². The summed E-state index contributed by atoms with van der Waals surface area (Å²) in [5.74, 6) is -0.278. The van der Waals surface area contributed by atoms with Crippen LogP contribution < -0.4 is 10.6 Å². The van der Waals surface area contributed by atoms with Crippen molar-refractivity contribution in [2.75, 3.05) is 13.2 Å². The van der Waals surface area contributed by atoms with E-state index in [1.807, 2.05) is 0 Å². The Bertz CT molecular complexity index is 214. The van der Waals surface area contributed by atoms with Crippen molar-refractivity contribution >= 4 is 12.0 Å². The van der Waals surface area contributed by atoms with Crippen molar-refractivity contribution in [3.63, 3.8) is 0 Å². The van der Waals surface area contributed by atoms with Gasteiger partial charge in [-0.3, -0.25) is 4.79 Å². The monoisotopic (exact) mass is 200 g/mol. The van der Waals surface area contributed by atoms with Crippen molar-refractivity contribution in [2.24, 2.45) is 0 Å². The van der Waals surface area contributed by atoms with Crippen LogP contribution in [-0.2, 0) is 9.53 Å². The van der Waals surface area contributed by atoms with E-state index in [1.54, 1.807) is 6.92 Å². The second kappa shape index (κ2) is 5.47. The second-order valence-electron chi connectivity index (χ2n) is 3.23. The normalized spacial score (nSPS) is 14.6. The van der Waals surface area contributed by atoms with Gasteiger partial charge in [0.1, 0.15) is 0 Å². The molecule has 0 radical (unpaired) electrons. The highest BCUT2D eigenvalue weighted by atomic mass is 16.5. The van der Waals surface area contributed by atoms with Crippen LogP contribution in [0, 0.1) is 0 Å². The summed E-state index contributed by atoms with van der Waals surface area (Å²) >= 11 is 0. The molecule has 5 nitrogen and oxygen atoms in total. The Morgan fingerprint density at radius 2 is 2.14 bits per heavy atom. The number of esters is 1. The van der Waals surface area contributed by atoms with Crippen LogP contribution in [0.2, 0.25) is 0 Å². The average Bonchev–Trinajstić information content (AvgIpc) is 2.88. The molecule has 80 valence electrons. The van der Waals surface area contributed by atoms with Crippen molar-refractivity contribution < 1.29 is 14.3 Å². The predicted octanol–water partition coefficient (Wildman–Crippen LogP) is 0.401. The standard InChI is InChI=1S/C9H16N2O3/c1-2-14-8(12)5-6-10-9(13)11-7-3-4-7/h7H,2-6H2,1H3,(H2,10,11,13). The van der Waals surface area contributed by atoms with Crippen LogP contribution in [0.4, 0.5) is 4.79 Å². The van der Waals surface area contributed by atoms with Gasteiger partial charge < -0.3 is 15.4 Å². The number of amides is 2. The number of nitrogens with one attached hydrogen (secondary N) is 2. The second-order valence-corrected chi connectivity index (χ2v) is 3.23. The van der Waals surface area contributed by atoms with E-state index in [0.717, 1.165) is 12.8 Å². The summed E-state index contributed by atoms with van der Waals surface area (Å²) in [6.07, 6.45) is 2.35. The molecule has 0 aromatic heterocycles. The maximum atomic E-state index is 11.1. The highest BCUT2D eigenvalue weighted by Gasteiger charge is 2.22. The van der Waals surface area contributed by atoms with E-state index in [9.17, 15) is 9.59 Å². The first-order valence-electron chi connectivity index (χ1n) is 4.92. The number of rotatable bonds is 5. The van der Waals surface area contributed by atoms with Crippen molar-refractivity contribution in [3.05, 3.63) is 0 Å². The predicted molar refractivity (Wildman–Crippen MR) is 50.8 cm³/mol. The molecule has 2 N–H and O–H groups in total. The first-order chi connectivity index (χ1) is 6.72. The summed E-state index contributed by atoms with van der Waals surface area (Å²) in [4.78, 5) is 21.9. The fraction of sp³-hybridized carbons (Fsp3) is 0.778. The molecule has 1 aliphatic carbocycles. The first-order valence-corrected chi connectivity index (χ1v) is 4.92. The number of carbonyl (C=O) groups is 2. The van der Waals surface area contributed by atoms with Gasteiger partial charge in [-0.25, -0.2) is 4.79 Å². The molecule has 0 spiro atoms. The molecule has 14 heavy (non-hydrogen) atoms. The van der Waals surface area contributed by atoms with E-state index in [1.165, 1.54) is 0 Å². The Balaban J connectivity index is 1.96. The molecule has 0 heterocycles. The molecule has 0 saturated heterocycles. The summed E-state index contributed by atoms with van der Waals surface area (Å²) in [6.45, 7) is 2.47. The lowest BCUT2D eigenvalue weighted by Gasteiger charge is -2.05. The molecule has 0 atom stereocenters. The van der Waals surface area contributed by atoms with Gasteiger partial charge in [-0.15, -0.1) is 0 Å². The quantitative estimate of drug-likeness (QED) is 0.631. The fourth-order valence-corrected chi connectivity index (χ4v) is 0.975. The largest absolute Gasteiger partial charge is 0.466 e. The van der Waals surface area contributed by atoms with E-state index < -0.39 is 0 Å². The molecular formula is C9H16N2O3. The van der Waals surface area contributed by atoms with Crippen LogP contribution in [0.1, 0.15) is 26.2 Å². The van der Waals surface area contributed by atoms with E-state index in [4.69, 9.17) is 4.74 Å². The first kappa shape index (κ1) is 10.8. The molecular weight excluding hydrogens is 184 g/mol. The number of hydrogen-bond acceptors (Lipinski definition) is 3. The molecule has 1 rings (SSSR count). The van der Waals surface area contributed by atoms with Gasteiger partial charge in [-0.2, -0.15) is 0 Å². The topological polar surface area (TPSA) is 67.4 Å². The lowest BCUT2D eigenvalue weighted by molar-refractivity contribution is -0.142. The summed E-state index contributed by atoms with van der Waals surface area (Å²) in [7, 11) is 0. The Labute approximate surface area is 83.2 Å². The molecule has 0 bridgehead atoms. The third-order valence-electron chi connectivity index (χ3n) is 1.83. The van der Waals surface area contributed by atoms with Gasteiger partial charge in [0.25, 0.3) is 0 Å². The van der Waals surface area contributed by atoms with Gasteiger partial charge in [0.15, 0.2) is 0 Å². The van der Waals surface area contributed by atoms with Crippen molar-refractivity contribution in [1.29, 1.82) is 0 Å². The van der Waals surface area contributed by atoms with Crippen LogP contribution in [0.3, 0.4) is 0 Å². The highest BCUT2D eigenvalue weighted by Crippen LogP contribution is 2.18. The Kier molecular flexibility index (Phi) is 4.22. The van der Waals surface area contributed by atoms with Crippen LogP contribution >= 0.6 is 0 Å². The minimum absolute atomic E-state index is 0.197. The minimum Gasteiger partial charge on any atom is -0.466 e. The molecule has 1 saturated carbocycles. The zero-order valence-corrected chi connectivity index (χ0v) is 8.34. The zero-order valence-electron chi connectivity index (χ0n) is 8.34. The van der Waals surface area contributed by atoms with E-state index in [2.05, 4.69) is 10.6 Å². The number of ether oxygens (including phenoxy) is 1. The van der Waals surface area contributed by atoms with E-state index in [-0.39, 0.29) is 18.4 Å². The van der Waals surface area contributed by atoms with Gasteiger partial charge in [0.2, 0.25) is 0 Å². The number of hydrogen-bond donors (Lipinski definition) is 2. The number of carbonyl (C=O) groups excluding carboxylic acids is 2. The van der Waals surface area contributed by atoms with Crippen molar-refractivity contribution in [3.8, 4) is 0 Å². The van der Waals surface area contributed by atoms with Gasteiger partial charge in [-0.1, -0.05) is 0 Å². The third-order valence-corrected chi connectivity index (χ3v) is 1.83. The lowest BCUT2D eigenvalue weighted by Crippen LogP contribution is -2.37. The van der Waals surface area contributed by atoms with Crippen LogP contribution in [0.5, 0.6) is 0 Å². The Hall–Kier alpha value is -1.26. The van der Waals surface area contributed by atoms with Crippen LogP contribution in [-0.4, -0.2) is 31.2 Å². The third kappa shape index (κ3) is 4.69. The molecule has 0 aliphatic heterocycles. The molecule has 5 heteroatoms. The van der Waals surface area contributed by atoms with Crippen molar-refractivity contribution in [1.82, 2.24) is 10.6 Å². The van der Waals surface area contributed by atoms with E-state index >= 15 is 0 Å². The zero-order chi connectivity index (χ0) is 10.4. The fourth-order valence-electron chi connectivity index (χ4n) is 0.975. The van der Waals surface area contributed by atoms with Crippen LogP contribution in [0.15, 0.2) is 0 Å². The van der Waals surface area contributed by atoms with Crippen LogP contribution in [0.25, 0.3) is 0 Å². The van der Waals surface area contributed by atoms with E-state index in [0.29, 0.717) is 19.2 Å². The molecule has 0 aromatic rings.